The van der Waals surface area contributed by atoms with Gasteiger partial charge in [-0.25, -0.2) is 0 Å². The number of nitrogens with one attached hydrogen (secondary N) is 1. The van der Waals surface area contributed by atoms with E-state index < -0.39 is 30.3 Å². The van der Waals surface area contributed by atoms with Crippen molar-refractivity contribution < 1.29 is 37.3 Å². The monoisotopic (exact) mass is 636 g/mol. The van der Waals surface area contributed by atoms with Crippen LogP contribution in [0.5, 0.6) is 0 Å². The molecule has 2 N–H and O–H groups in total. The SMILES string of the molecule is Cc1nnc(SC[C@H]2O[C@@H](c3cccc(NC(=O)[C@@H]4CCCN4C(=O)C(F)(F)F)c3)O[C@@H](c3ccc(CO)cc3)[C@H]2C)s1. The number of aliphatic hydroxyl groups is 1. The standard InChI is InChI=1S/C29H31F3N4O5S2/c1-16-23(15-42-28-35-34-17(2)43-28)40-26(41-24(16)19-10-8-18(14-37)9-11-19)20-5-3-6-21(13-20)33-25(38)22-7-4-12-36(22)27(39)29(30,31)32/h3,5-6,8-11,13,16,22-24,26,37H,4,7,12,14-15H2,1-2H3,(H,33,38)/t16-,22-,23+,24+,26+/m0/s1. The van der Waals surface area contributed by atoms with E-state index in [9.17, 15) is 27.9 Å². The van der Waals surface area contributed by atoms with E-state index in [2.05, 4.69) is 15.5 Å². The van der Waals surface area contributed by atoms with Crippen molar-refractivity contribution in [2.24, 2.45) is 5.92 Å². The van der Waals surface area contributed by atoms with Crippen LogP contribution in [0.15, 0.2) is 52.9 Å². The summed E-state index contributed by atoms with van der Waals surface area (Å²) in [6.45, 7) is 3.73. The van der Waals surface area contributed by atoms with Crippen molar-refractivity contribution in [3.8, 4) is 0 Å². The number of ether oxygens (including phenoxy) is 2. The van der Waals surface area contributed by atoms with Gasteiger partial charge in [0, 0.05) is 29.5 Å². The van der Waals surface area contributed by atoms with Gasteiger partial charge in [0.1, 0.15) is 11.0 Å². The zero-order valence-electron chi connectivity index (χ0n) is 23.4. The lowest BCUT2D eigenvalue weighted by atomic mass is 9.91. The van der Waals surface area contributed by atoms with Crippen LogP contribution in [0.4, 0.5) is 18.9 Å². The molecule has 2 saturated heterocycles. The summed E-state index contributed by atoms with van der Waals surface area (Å²) in [6, 6.07) is 13.1. The van der Waals surface area contributed by atoms with Gasteiger partial charge in [-0.3, -0.25) is 9.59 Å². The summed E-state index contributed by atoms with van der Waals surface area (Å²) in [4.78, 5) is 25.4. The average Bonchev–Trinajstić information content (AvgIpc) is 3.65. The van der Waals surface area contributed by atoms with Crippen LogP contribution in [0.25, 0.3) is 0 Å². The molecule has 0 spiro atoms. The summed E-state index contributed by atoms with van der Waals surface area (Å²) in [7, 11) is 0. The number of halogens is 3. The fraction of sp³-hybridized carbons (Fsp3) is 0.448. The van der Waals surface area contributed by atoms with Gasteiger partial charge in [0.2, 0.25) is 5.91 Å². The maximum atomic E-state index is 13.1. The quantitative estimate of drug-likeness (QED) is 0.316. The number of aryl methyl sites for hydroxylation is 1. The summed E-state index contributed by atoms with van der Waals surface area (Å²) in [5.74, 6) is -2.17. The number of hydrogen-bond acceptors (Lipinski definition) is 9. The van der Waals surface area contributed by atoms with E-state index in [0.717, 1.165) is 20.5 Å². The molecule has 2 aliphatic rings. The number of aliphatic hydroxyl groups excluding tert-OH is 1. The van der Waals surface area contributed by atoms with Crippen molar-refractivity contribution in [3.63, 3.8) is 0 Å². The number of carbonyl (C=O) groups is 2. The Morgan fingerprint density at radius 2 is 1.91 bits per heavy atom. The first kappa shape index (κ1) is 31.4. The molecule has 0 bridgehead atoms. The van der Waals surface area contributed by atoms with E-state index >= 15 is 0 Å². The van der Waals surface area contributed by atoms with Crippen LogP contribution in [0.2, 0.25) is 0 Å². The highest BCUT2D eigenvalue weighted by molar-refractivity contribution is 8.01. The lowest BCUT2D eigenvalue weighted by molar-refractivity contribution is -0.268. The van der Waals surface area contributed by atoms with Crippen molar-refractivity contribution in [3.05, 3.63) is 70.2 Å². The Morgan fingerprint density at radius 3 is 2.58 bits per heavy atom. The number of thioether (sulfide) groups is 1. The minimum absolute atomic E-state index is 0.0554. The highest BCUT2D eigenvalue weighted by Gasteiger charge is 2.47. The van der Waals surface area contributed by atoms with Gasteiger partial charge in [-0.2, -0.15) is 13.2 Å². The van der Waals surface area contributed by atoms with Gasteiger partial charge in [0.15, 0.2) is 10.6 Å². The molecule has 14 heteroatoms. The van der Waals surface area contributed by atoms with Gasteiger partial charge in [-0.05, 0) is 43.0 Å². The second-order valence-corrected chi connectivity index (χ2v) is 12.9. The molecular weight excluding hydrogens is 605 g/mol. The Labute approximate surface area is 254 Å². The smallest absolute Gasteiger partial charge is 0.392 e. The minimum atomic E-state index is -5.05. The summed E-state index contributed by atoms with van der Waals surface area (Å²) >= 11 is 3.04. The number of alkyl halides is 3. The molecule has 0 unspecified atom stereocenters. The third kappa shape index (κ3) is 7.37. The predicted octanol–water partition coefficient (Wildman–Crippen LogP) is 5.41. The number of likely N-dealkylation sites (tertiary alicyclic amines) is 1. The molecule has 0 radical (unpaired) electrons. The third-order valence-corrected chi connectivity index (χ3v) is 9.55. The summed E-state index contributed by atoms with van der Waals surface area (Å²) in [6.07, 6.45) is -6.02. The normalized spacial score (nSPS) is 24.2. The second-order valence-electron chi connectivity index (χ2n) is 10.5. The molecular formula is C29H31F3N4O5S2. The van der Waals surface area contributed by atoms with Gasteiger partial charge in [0.05, 0.1) is 18.8 Å². The van der Waals surface area contributed by atoms with E-state index in [1.165, 1.54) is 11.3 Å². The zero-order chi connectivity index (χ0) is 30.7. The number of hydrogen-bond donors (Lipinski definition) is 2. The lowest BCUT2D eigenvalue weighted by Crippen LogP contribution is -2.48. The van der Waals surface area contributed by atoms with E-state index in [1.54, 1.807) is 36.0 Å². The highest BCUT2D eigenvalue weighted by Crippen LogP contribution is 2.43. The van der Waals surface area contributed by atoms with E-state index in [1.807, 2.05) is 38.1 Å². The molecule has 3 aromatic rings. The van der Waals surface area contributed by atoms with Crippen molar-refractivity contribution in [2.45, 2.75) is 68.4 Å². The molecule has 2 fully saturated rings. The Balaban J connectivity index is 1.35. The maximum Gasteiger partial charge on any atom is 0.471 e. The first-order valence-corrected chi connectivity index (χ1v) is 15.6. The van der Waals surface area contributed by atoms with Gasteiger partial charge >= 0.3 is 12.1 Å². The molecule has 43 heavy (non-hydrogen) atoms. The molecule has 9 nitrogen and oxygen atoms in total. The van der Waals surface area contributed by atoms with Crippen LogP contribution >= 0.6 is 23.1 Å². The van der Waals surface area contributed by atoms with Crippen LogP contribution in [0, 0.1) is 12.8 Å². The van der Waals surface area contributed by atoms with Crippen molar-refractivity contribution in [1.29, 1.82) is 0 Å². The molecule has 5 atom stereocenters. The van der Waals surface area contributed by atoms with Crippen molar-refractivity contribution in [1.82, 2.24) is 15.1 Å². The molecule has 3 heterocycles. The highest BCUT2D eigenvalue weighted by atomic mass is 32.2. The maximum absolute atomic E-state index is 13.1. The second kappa shape index (κ2) is 13.3. The molecule has 5 rings (SSSR count). The predicted molar refractivity (Wildman–Crippen MR) is 154 cm³/mol. The van der Waals surface area contributed by atoms with Crippen LogP contribution in [-0.4, -0.2) is 62.6 Å². The van der Waals surface area contributed by atoms with E-state index in [4.69, 9.17) is 9.47 Å². The van der Waals surface area contributed by atoms with Crippen LogP contribution in [0.3, 0.4) is 0 Å². The van der Waals surface area contributed by atoms with E-state index in [0.29, 0.717) is 28.3 Å². The van der Waals surface area contributed by atoms with E-state index in [-0.39, 0.29) is 37.7 Å². The van der Waals surface area contributed by atoms with Gasteiger partial charge in [-0.15, -0.1) is 10.2 Å². The van der Waals surface area contributed by atoms with Gasteiger partial charge in [0.25, 0.3) is 0 Å². The summed E-state index contributed by atoms with van der Waals surface area (Å²) in [5, 5.41) is 21.3. The number of rotatable bonds is 8. The molecule has 2 aromatic carbocycles. The third-order valence-electron chi connectivity index (χ3n) is 7.49. The lowest BCUT2D eigenvalue weighted by Gasteiger charge is -2.41. The average molecular weight is 637 g/mol. The number of amides is 2. The fourth-order valence-corrected chi connectivity index (χ4v) is 7.24. The molecule has 0 saturated carbocycles. The summed E-state index contributed by atoms with van der Waals surface area (Å²) in [5.41, 5.74) is 2.65. The Morgan fingerprint density at radius 1 is 1.14 bits per heavy atom. The first-order valence-electron chi connectivity index (χ1n) is 13.8. The topological polar surface area (TPSA) is 114 Å². The number of anilines is 1. The van der Waals surface area contributed by atoms with Crippen molar-refractivity contribution >= 4 is 40.6 Å². The molecule has 1 aromatic heterocycles. The van der Waals surface area contributed by atoms with Gasteiger partial charge in [-0.1, -0.05) is 66.4 Å². The number of carbonyl (C=O) groups excluding carboxylic acids is 2. The Kier molecular flexibility index (Phi) is 9.71. The van der Waals surface area contributed by atoms with Crippen LogP contribution in [0.1, 0.15) is 53.9 Å². The Bertz CT molecular complexity index is 1440. The zero-order valence-corrected chi connectivity index (χ0v) is 25.0. The Hall–Kier alpha value is -3.04. The molecule has 2 amide bonds. The van der Waals surface area contributed by atoms with Crippen LogP contribution < -0.4 is 5.32 Å². The molecule has 230 valence electrons. The van der Waals surface area contributed by atoms with Crippen molar-refractivity contribution in [2.75, 3.05) is 17.6 Å². The number of benzene rings is 2. The largest absolute Gasteiger partial charge is 0.471 e. The minimum Gasteiger partial charge on any atom is -0.392 e. The number of nitrogens with zero attached hydrogens (tertiary/aromatic N) is 3. The molecule has 2 aliphatic heterocycles. The molecule has 0 aliphatic carbocycles. The fourth-order valence-electron chi connectivity index (χ4n) is 5.23. The number of aromatic nitrogens is 2. The first-order chi connectivity index (χ1) is 20.5. The van der Waals surface area contributed by atoms with Crippen LogP contribution in [-0.2, 0) is 25.7 Å². The summed E-state index contributed by atoms with van der Waals surface area (Å²) < 4.78 is 52.9. The van der Waals surface area contributed by atoms with Gasteiger partial charge < -0.3 is 24.8 Å².